The molecule has 7 heteroatoms. The Labute approximate surface area is 187 Å². The minimum atomic E-state index is -0.144. The highest BCUT2D eigenvalue weighted by molar-refractivity contribution is 6.04. The van der Waals surface area contributed by atoms with Crippen LogP contribution in [-0.4, -0.2) is 30.5 Å². The number of hydrogen-bond donors (Lipinski definition) is 1. The first-order valence-electron chi connectivity index (χ1n) is 11.1. The maximum atomic E-state index is 12.7. The number of aromatic nitrogens is 5. The Morgan fingerprint density at radius 1 is 0.938 bits per heavy atom. The average Bonchev–Trinajstić information content (AvgIpc) is 3.27. The third-order valence-corrected chi connectivity index (χ3v) is 5.89. The molecule has 2 aromatic heterocycles. The van der Waals surface area contributed by atoms with Gasteiger partial charge in [-0.1, -0.05) is 6.42 Å². The molecule has 1 amide bonds. The quantitative estimate of drug-likeness (QED) is 0.512. The predicted octanol–water partition coefficient (Wildman–Crippen LogP) is 4.73. The molecular weight excluding hydrogens is 400 g/mol. The molecule has 162 valence electrons. The lowest BCUT2D eigenvalue weighted by atomic mass is 10.1. The minimum absolute atomic E-state index is 0.144. The van der Waals surface area contributed by atoms with Crippen molar-refractivity contribution in [1.29, 1.82) is 0 Å². The smallest absolute Gasteiger partial charge is 0.255 e. The average molecular weight is 427 g/mol. The Morgan fingerprint density at radius 3 is 2.44 bits per heavy atom. The van der Waals surface area contributed by atoms with Crippen LogP contribution in [0.25, 0.3) is 17.1 Å². The van der Waals surface area contributed by atoms with Gasteiger partial charge in [0, 0.05) is 35.5 Å². The van der Waals surface area contributed by atoms with Crippen LogP contribution in [0.4, 0.5) is 5.69 Å². The number of carbonyl (C=O) groups is 1. The van der Waals surface area contributed by atoms with Crippen LogP contribution >= 0.6 is 0 Å². The summed E-state index contributed by atoms with van der Waals surface area (Å²) in [5.41, 5.74) is 5.32. The zero-order valence-electron chi connectivity index (χ0n) is 18.4. The van der Waals surface area contributed by atoms with Crippen LogP contribution in [0.2, 0.25) is 0 Å². The molecule has 0 bridgehead atoms. The Kier molecular flexibility index (Phi) is 5.31. The number of amides is 1. The maximum Gasteiger partial charge on any atom is 0.255 e. The van der Waals surface area contributed by atoms with Gasteiger partial charge >= 0.3 is 0 Å². The van der Waals surface area contributed by atoms with Crippen molar-refractivity contribution in [3.05, 3.63) is 77.4 Å². The number of carbonyl (C=O) groups excluding carboxylic acids is 1. The number of rotatable bonds is 4. The van der Waals surface area contributed by atoms with Crippen molar-refractivity contribution in [2.75, 3.05) is 5.32 Å². The van der Waals surface area contributed by atoms with E-state index >= 15 is 0 Å². The van der Waals surface area contributed by atoms with Gasteiger partial charge in [0.15, 0.2) is 5.82 Å². The first kappa shape index (κ1) is 20.2. The number of benzene rings is 2. The van der Waals surface area contributed by atoms with E-state index in [2.05, 4.69) is 25.2 Å². The first-order chi connectivity index (χ1) is 15.6. The van der Waals surface area contributed by atoms with E-state index in [4.69, 9.17) is 0 Å². The second kappa shape index (κ2) is 8.42. The monoisotopic (exact) mass is 426 g/mol. The molecule has 0 unspecified atom stereocenters. The van der Waals surface area contributed by atoms with Crippen LogP contribution in [0.1, 0.15) is 46.8 Å². The zero-order valence-corrected chi connectivity index (χ0v) is 18.4. The molecule has 0 aliphatic carbocycles. The van der Waals surface area contributed by atoms with Crippen LogP contribution < -0.4 is 5.32 Å². The van der Waals surface area contributed by atoms with E-state index in [1.807, 2.05) is 73.1 Å². The summed E-state index contributed by atoms with van der Waals surface area (Å²) < 4.78 is 4.10. The molecule has 0 spiro atoms. The number of aryl methyl sites for hydroxylation is 3. The number of nitrogens with zero attached hydrogens (tertiary/aromatic N) is 5. The summed E-state index contributed by atoms with van der Waals surface area (Å²) in [6.45, 7) is 4.95. The molecule has 1 aliphatic rings. The van der Waals surface area contributed by atoms with Gasteiger partial charge in [-0.25, -0.2) is 4.68 Å². The second-order valence-electron chi connectivity index (χ2n) is 8.32. The van der Waals surface area contributed by atoms with Gasteiger partial charge in [-0.3, -0.25) is 4.79 Å². The highest BCUT2D eigenvalue weighted by Gasteiger charge is 2.16. The molecule has 2 aromatic carbocycles. The van der Waals surface area contributed by atoms with Gasteiger partial charge in [-0.15, -0.1) is 10.2 Å². The normalized spacial score (nSPS) is 13.4. The Bertz CT molecular complexity index is 1250. The van der Waals surface area contributed by atoms with E-state index < -0.39 is 0 Å². The Balaban J connectivity index is 1.29. The number of hydrogen-bond acceptors (Lipinski definition) is 4. The van der Waals surface area contributed by atoms with Gasteiger partial charge in [0.05, 0.1) is 11.4 Å². The van der Waals surface area contributed by atoms with E-state index in [0.717, 1.165) is 59.4 Å². The third kappa shape index (κ3) is 3.93. The molecule has 5 rings (SSSR count). The highest BCUT2D eigenvalue weighted by Crippen LogP contribution is 2.24. The fourth-order valence-corrected chi connectivity index (χ4v) is 4.25. The third-order valence-electron chi connectivity index (χ3n) is 5.89. The van der Waals surface area contributed by atoms with Gasteiger partial charge in [0.2, 0.25) is 0 Å². The molecule has 0 fully saturated rings. The van der Waals surface area contributed by atoms with Crippen molar-refractivity contribution in [2.45, 2.75) is 46.1 Å². The summed E-state index contributed by atoms with van der Waals surface area (Å²) >= 11 is 0. The fourth-order valence-electron chi connectivity index (χ4n) is 4.25. The molecule has 32 heavy (non-hydrogen) atoms. The van der Waals surface area contributed by atoms with Gasteiger partial charge in [0.25, 0.3) is 5.91 Å². The molecule has 3 heterocycles. The first-order valence-corrected chi connectivity index (χ1v) is 11.1. The van der Waals surface area contributed by atoms with Gasteiger partial charge in [-0.2, -0.15) is 5.10 Å². The molecule has 0 saturated carbocycles. The van der Waals surface area contributed by atoms with E-state index in [-0.39, 0.29) is 5.91 Å². The van der Waals surface area contributed by atoms with E-state index in [9.17, 15) is 4.79 Å². The van der Waals surface area contributed by atoms with Crippen molar-refractivity contribution in [3.63, 3.8) is 0 Å². The van der Waals surface area contributed by atoms with Gasteiger partial charge < -0.3 is 9.88 Å². The predicted molar refractivity (Wildman–Crippen MR) is 124 cm³/mol. The summed E-state index contributed by atoms with van der Waals surface area (Å²) in [6.07, 6.45) is 4.55. The van der Waals surface area contributed by atoms with Crippen LogP contribution in [0, 0.1) is 13.8 Å². The summed E-state index contributed by atoms with van der Waals surface area (Å²) in [5, 5.41) is 16.2. The summed E-state index contributed by atoms with van der Waals surface area (Å²) in [7, 11) is 0. The summed E-state index contributed by atoms with van der Waals surface area (Å²) in [5.74, 6) is 1.83. The maximum absolute atomic E-state index is 12.7. The Morgan fingerprint density at radius 2 is 1.72 bits per heavy atom. The molecule has 1 N–H and O–H groups in total. The molecular formula is C25H26N6O. The van der Waals surface area contributed by atoms with Crippen molar-refractivity contribution in [3.8, 4) is 17.1 Å². The van der Waals surface area contributed by atoms with E-state index in [1.54, 1.807) is 0 Å². The van der Waals surface area contributed by atoms with Crippen LogP contribution in [-0.2, 0) is 13.0 Å². The molecule has 1 aliphatic heterocycles. The largest absolute Gasteiger partial charge is 0.322 e. The number of fused-ring (bicyclic) bond motifs is 1. The molecule has 7 nitrogen and oxygen atoms in total. The minimum Gasteiger partial charge on any atom is -0.322 e. The van der Waals surface area contributed by atoms with Gasteiger partial charge in [-0.05, 0) is 81.3 Å². The topological polar surface area (TPSA) is 77.6 Å². The van der Waals surface area contributed by atoms with E-state index in [1.165, 1.54) is 12.8 Å². The second-order valence-corrected chi connectivity index (χ2v) is 8.32. The SMILES string of the molecule is Cc1cc(C)n(-c2ccc(C(=O)Nc3ccc(-c4nnc5n4CCCCC5)cc3)cc2)n1. The standard InChI is InChI=1S/C25H26N6O/c1-17-16-18(2)31(29-17)22-13-9-20(10-14-22)25(32)26-21-11-7-19(8-12-21)24-28-27-23-6-4-3-5-15-30(23)24/h7-14,16H,3-6,15H2,1-2H3,(H,26,32). The lowest BCUT2D eigenvalue weighted by molar-refractivity contribution is 0.102. The molecule has 0 radical (unpaired) electrons. The van der Waals surface area contributed by atoms with Crippen LogP contribution in [0.5, 0.6) is 0 Å². The molecule has 0 atom stereocenters. The number of nitrogens with one attached hydrogen (secondary N) is 1. The van der Waals surface area contributed by atoms with Crippen LogP contribution in [0.15, 0.2) is 54.6 Å². The van der Waals surface area contributed by atoms with Crippen molar-refractivity contribution >= 4 is 11.6 Å². The highest BCUT2D eigenvalue weighted by atomic mass is 16.1. The molecule has 4 aromatic rings. The van der Waals surface area contributed by atoms with Gasteiger partial charge in [0.1, 0.15) is 5.82 Å². The van der Waals surface area contributed by atoms with Crippen LogP contribution in [0.3, 0.4) is 0 Å². The number of anilines is 1. The lowest BCUT2D eigenvalue weighted by Gasteiger charge is -2.09. The fraction of sp³-hybridized carbons (Fsp3) is 0.280. The van der Waals surface area contributed by atoms with Crippen molar-refractivity contribution < 1.29 is 4.79 Å². The summed E-state index contributed by atoms with van der Waals surface area (Å²) in [4.78, 5) is 12.7. The lowest BCUT2D eigenvalue weighted by Crippen LogP contribution is -2.12. The van der Waals surface area contributed by atoms with Crippen molar-refractivity contribution in [2.24, 2.45) is 0 Å². The van der Waals surface area contributed by atoms with Crippen molar-refractivity contribution in [1.82, 2.24) is 24.5 Å². The Hall–Kier alpha value is -3.74. The zero-order chi connectivity index (χ0) is 22.1. The molecule has 0 saturated heterocycles. The summed E-state index contributed by atoms with van der Waals surface area (Å²) in [6, 6.07) is 17.3. The van der Waals surface area contributed by atoms with E-state index in [0.29, 0.717) is 5.56 Å².